The Balaban J connectivity index is 2.06. The van der Waals surface area contributed by atoms with Gasteiger partial charge in [0.1, 0.15) is 25.6 Å². The third-order valence-corrected chi connectivity index (χ3v) is 4.33. The Hall–Kier alpha value is -3.54. The Morgan fingerprint density at radius 1 is 0.839 bits per heavy atom. The number of carbonyl (C=O) groups excluding carboxylic acids is 2. The normalized spacial score (nSPS) is 11.2. The smallest absolute Gasteiger partial charge is 0.333 e. The summed E-state index contributed by atoms with van der Waals surface area (Å²) in [5.41, 5.74) is 2.62. The molecule has 0 heterocycles. The molecule has 0 bridgehead atoms. The number of hydrogen-bond donors (Lipinski definition) is 0. The largest absolute Gasteiger partial charge is 0.490 e. The number of anilines is 2. The monoisotopic (exact) mass is 423 g/mol. The molecule has 1 atom stereocenters. The van der Waals surface area contributed by atoms with Crippen molar-refractivity contribution in [1.82, 2.24) is 0 Å². The summed E-state index contributed by atoms with van der Waals surface area (Å²) in [4.78, 5) is 25.3. The molecular formula is C25H29NO5. The number of nitrogens with zero attached hydrogens (tertiary/aromatic N) is 1. The fourth-order valence-corrected chi connectivity index (χ4v) is 2.76. The molecule has 2 rings (SSSR count). The molecule has 1 unspecified atom stereocenters. The van der Waals surface area contributed by atoms with Gasteiger partial charge in [0.2, 0.25) is 0 Å². The Labute approximate surface area is 183 Å². The molecule has 0 amide bonds. The number of rotatable bonds is 11. The first kappa shape index (κ1) is 23.7. The van der Waals surface area contributed by atoms with Gasteiger partial charge in [-0.1, -0.05) is 31.4 Å². The molecule has 6 heteroatoms. The Morgan fingerprint density at radius 3 is 1.97 bits per heavy atom. The minimum atomic E-state index is -0.432. The molecule has 6 nitrogen and oxygen atoms in total. The number of ether oxygens (including phenoxy) is 3. The van der Waals surface area contributed by atoms with Gasteiger partial charge in [-0.15, -0.1) is 0 Å². The van der Waals surface area contributed by atoms with Crippen molar-refractivity contribution < 1.29 is 23.8 Å². The molecule has 0 aliphatic heterocycles. The molecule has 0 fully saturated rings. The summed E-state index contributed by atoms with van der Waals surface area (Å²) < 4.78 is 16.0. The van der Waals surface area contributed by atoms with E-state index in [1.165, 1.54) is 0 Å². The minimum Gasteiger partial charge on any atom is -0.490 e. The standard InChI is InChI=1S/C25H29NO5/c1-18(2)24(27)30-16-15-29-23-13-11-22(12-14-23)26(21-9-7-6-8-10-21)20(5)17-31-25(28)19(3)4/h6-14,20H,1,3,15-17H2,2,4-5H3. The van der Waals surface area contributed by atoms with Gasteiger partial charge in [-0.3, -0.25) is 0 Å². The van der Waals surface area contributed by atoms with Gasteiger partial charge < -0.3 is 19.1 Å². The highest BCUT2D eigenvalue weighted by atomic mass is 16.6. The van der Waals surface area contributed by atoms with Crippen LogP contribution in [0.1, 0.15) is 20.8 Å². The zero-order chi connectivity index (χ0) is 22.8. The first-order valence-corrected chi connectivity index (χ1v) is 10.0. The third kappa shape index (κ3) is 7.33. The predicted octanol–water partition coefficient (Wildman–Crippen LogP) is 4.83. The van der Waals surface area contributed by atoms with Crippen LogP contribution in [-0.2, 0) is 19.1 Å². The van der Waals surface area contributed by atoms with Crippen molar-refractivity contribution in [2.75, 3.05) is 24.7 Å². The third-order valence-electron chi connectivity index (χ3n) is 4.33. The van der Waals surface area contributed by atoms with Gasteiger partial charge in [0.25, 0.3) is 0 Å². The molecule has 0 saturated carbocycles. The number of benzene rings is 2. The second-order valence-electron chi connectivity index (χ2n) is 7.19. The summed E-state index contributed by atoms with van der Waals surface area (Å²) in [5, 5.41) is 0. The van der Waals surface area contributed by atoms with Crippen LogP contribution in [0.5, 0.6) is 5.75 Å². The summed E-state index contributed by atoms with van der Waals surface area (Å²) in [6.45, 7) is 13.0. The van der Waals surface area contributed by atoms with E-state index in [1.54, 1.807) is 13.8 Å². The van der Waals surface area contributed by atoms with Crippen LogP contribution in [0.25, 0.3) is 0 Å². The molecule has 2 aromatic rings. The van der Waals surface area contributed by atoms with E-state index in [2.05, 4.69) is 18.1 Å². The first-order valence-electron chi connectivity index (χ1n) is 10.0. The predicted molar refractivity (Wildman–Crippen MR) is 122 cm³/mol. The minimum absolute atomic E-state index is 0.112. The van der Waals surface area contributed by atoms with Crippen molar-refractivity contribution in [3.8, 4) is 5.75 Å². The molecule has 0 saturated heterocycles. The second-order valence-corrected chi connectivity index (χ2v) is 7.19. The van der Waals surface area contributed by atoms with Crippen molar-refractivity contribution in [1.29, 1.82) is 0 Å². The molecule has 0 aromatic heterocycles. The lowest BCUT2D eigenvalue weighted by Crippen LogP contribution is -2.33. The first-order chi connectivity index (χ1) is 14.8. The lowest BCUT2D eigenvalue weighted by atomic mass is 10.1. The lowest BCUT2D eigenvalue weighted by Gasteiger charge is -2.31. The Morgan fingerprint density at radius 2 is 1.39 bits per heavy atom. The highest BCUT2D eigenvalue weighted by Crippen LogP contribution is 2.29. The SMILES string of the molecule is C=C(C)C(=O)OCCOc1ccc(N(c2ccccc2)C(C)COC(=O)C(=C)C)cc1. The second kappa shape index (κ2) is 11.6. The van der Waals surface area contributed by atoms with Crippen LogP contribution < -0.4 is 9.64 Å². The Bertz CT molecular complexity index is 905. The van der Waals surface area contributed by atoms with E-state index in [9.17, 15) is 9.59 Å². The van der Waals surface area contributed by atoms with E-state index >= 15 is 0 Å². The van der Waals surface area contributed by atoms with Crippen molar-refractivity contribution in [3.63, 3.8) is 0 Å². The number of para-hydroxylation sites is 1. The van der Waals surface area contributed by atoms with E-state index in [0.717, 1.165) is 11.4 Å². The highest BCUT2D eigenvalue weighted by Gasteiger charge is 2.19. The van der Waals surface area contributed by atoms with Crippen LogP contribution in [-0.4, -0.2) is 37.8 Å². The van der Waals surface area contributed by atoms with Crippen molar-refractivity contribution >= 4 is 23.3 Å². The van der Waals surface area contributed by atoms with Crippen LogP contribution in [0.2, 0.25) is 0 Å². The maximum Gasteiger partial charge on any atom is 0.333 e. The maximum atomic E-state index is 11.8. The van der Waals surface area contributed by atoms with Crippen molar-refractivity contribution in [3.05, 3.63) is 78.9 Å². The summed E-state index contributed by atoms with van der Waals surface area (Å²) in [5.74, 6) is -0.181. The summed E-state index contributed by atoms with van der Waals surface area (Å²) in [6.07, 6.45) is 0. The summed E-state index contributed by atoms with van der Waals surface area (Å²) >= 11 is 0. The van der Waals surface area contributed by atoms with Crippen LogP contribution in [0.4, 0.5) is 11.4 Å². The van der Waals surface area contributed by atoms with Crippen LogP contribution >= 0.6 is 0 Å². The van der Waals surface area contributed by atoms with Gasteiger partial charge in [0.15, 0.2) is 0 Å². The lowest BCUT2D eigenvalue weighted by molar-refractivity contribution is -0.140. The van der Waals surface area contributed by atoms with Crippen molar-refractivity contribution in [2.24, 2.45) is 0 Å². The number of carbonyl (C=O) groups is 2. The van der Waals surface area contributed by atoms with Crippen LogP contribution in [0.15, 0.2) is 78.9 Å². The zero-order valence-electron chi connectivity index (χ0n) is 18.3. The quantitative estimate of drug-likeness (QED) is 0.293. The van der Waals surface area contributed by atoms with Crippen LogP contribution in [0, 0.1) is 0 Å². The van der Waals surface area contributed by atoms with E-state index in [4.69, 9.17) is 14.2 Å². The Kier molecular flexibility index (Phi) is 8.88. The van der Waals surface area contributed by atoms with Gasteiger partial charge in [0.05, 0.1) is 6.04 Å². The average molecular weight is 424 g/mol. The summed E-state index contributed by atoms with van der Waals surface area (Å²) in [6, 6.07) is 17.3. The van der Waals surface area contributed by atoms with E-state index in [-0.39, 0.29) is 25.9 Å². The van der Waals surface area contributed by atoms with E-state index in [1.807, 2.05) is 61.5 Å². The fraction of sp³-hybridized carbons (Fsp3) is 0.280. The molecule has 2 aromatic carbocycles. The highest BCUT2D eigenvalue weighted by molar-refractivity contribution is 5.87. The molecule has 0 spiro atoms. The molecule has 31 heavy (non-hydrogen) atoms. The molecule has 0 radical (unpaired) electrons. The van der Waals surface area contributed by atoms with Crippen molar-refractivity contribution in [2.45, 2.75) is 26.8 Å². The average Bonchev–Trinajstić information content (AvgIpc) is 2.76. The van der Waals surface area contributed by atoms with Gasteiger partial charge in [0, 0.05) is 22.5 Å². The molecule has 0 aliphatic carbocycles. The van der Waals surface area contributed by atoms with Gasteiger partial charge in [-0.25, -0.2) is 9.59 Å². The summed E-state index contributed by atoms with van der Waals surface area (Å²) in [7, 11) is 0. The van der Waals surface area contributed by atoms with E-state index in [0.29, 0.717) is 16.9 Å². The molecule has 0 N–H and O–H groups in total. The maximum absolute atomic E-state index is 11.8. The van der Waals surface area contributed by atoms with Gasteiger partial charge >= 0.3 is 11.9 Å². The van der Waals surface area contributed by atoms with E-state index < -0.39 is 11.9 Å². The fourth-order valence-electron chi connectivity index (χ4n) is 2.76. The van der Waals surface area contributed by atoms with Gasteiger partial charge in [-0.2, -0.15) is 0 Å². The zero-order valence-corrected chi connectivity index (χ0v) is 18.3. The topological polar surface area (TPSA) is 65.1 Å². The van der Waals surface area contributed by atoms with Crippen LogP contribution in [0.3, 0.4) is 0 Å². The molecule has 0 aliphatic rings. The molecular weight excluding hydrogens is 394 g/mol. The number of hydrogen-bond acceptors (Lipinski definition) is 6. The molecule has 164 valence electrons. The van der Waals surface area contributed by atoms with Gasteiger partial charge in [-0.05, 0) is 57.2 Å². The number of esters is 2.